The summed E-state index contributed by atoms with van der Waals surface area (Å²) in [6, 6.07) is 5.50. The second-order valence-corrected chi connectivity index (χ2v) is 10.1. The third-order valence-corrected chi connectivity index (χ3v) is 8.24. The van der Waals surface area contributed by atoms with Gasteiger partial charge in [-0.15, -0.1) is 0 Å². The number of benzene rings is 1. The summed E-state index contributed by atoms with van der Waals surface area (Å²) in [4.78, 5) is 12.8. The number of nitrogens with one attached hydrogen (secondary N) is 1. The average Bonchev–Trinajstić information content (AvgIpc) is 3.10. The van der Waals surface area contributed by atoms with E-state index in [-0.39, 0.29) is 16.2 Å². The van der Waals surface area contributed by atoms with E-state index in [1.807, 2.05) is 12.1 Å². The molecule has 1 aromatic rings. The van der Waals surface area contributed by atoms with Gasteiger partial charge in [-0.1, -0.05) is 25.5 Å². The van der Waals surface area contributed by atoms with Gasteiger partial charge in [-0.05, 0) is 66.4 Å². The number of fused-ring (bicyclic) bond motifs is 2. The van der Waals surface area contributed by atoms with Gasteiger partial charge in [0.25, 0.3) is 0 Å². The molecule has 1 aromatic carbocycles. The van der Waals surface area contributed by atoms with Gasteiger partial charge in [0, 0.05) is 17.3 Å². The monoisotopic (exact) mass is 373 g/mol. The Bertz CT molecular complexity index is 1010. The second-order valence-electron chi connectivity index (χ2n) is 8.98. The van der Waals surface area contributed by atoms with Crippen LogP contribution in [0.2, 0.25) is 0 Å². The van der Waals surface area contributed by atoms with E-state index in [0.29, 0.717) is 17.9 Å². The highest BCUT2D eigenvalue weighted by molar-refractivity contribution is 7.87. The summed E-state index contributed by atoms with van der Waals surface area (Å²) in [5, 5.41) is 0. The van der Waals surface area contributed by atoms with Gasteiger partial charge in [0.2, 0.25) is 0 Å². The van der Waals surface area contributed by atoms with Crippen molar-refractivity contribution in [3.05, 3.63) is 34.9 Å². The molecule has 0 amide bonds. The predicted molar refractivity (Wildman–Crippen MR) is 99.0 cm³/mol. The van der Waals surface area contributed by atoms with Crippen molar-refractivity contribution in [3.63, 3.8) is 0 Å². The van der Waals surface area contributed by atoms with E-state index in [1.165, 1.54) is 16.7 Å². The first-order valence-electron chi connectivity index (χ1n) is 9.24. The standard InChI is InChI=1S/C20H23NO4S/c1-18-10-17(22)19(2)8-7-15-14-5-4-13(21-26(23,24)25)9-12(14)3-6-16(15)20(18,19)11-18/h4-5,9,21H,3,6-8,10-11H2,1-2H3,(H,23,24,25)/t18-,19-,20-/m1/s1. The molecule has 0 heterocycles. The lowest BCUT2D eigenvalue weighted by Crippen LogP contribution is -2.39. The number of allylic oxidation sites excluding steroid dienone is 2. The summed E-state index contributed by atoms with van der Waals surface area (Å²) in [5.74, 6) is 0.441. The van der Waals surface area contributed by atoms with Crippen LogP contribution in [0.15, 0.2) is 23.8 Å². The molecule has 2 fully saturated rings. The Morgan fingerprint density at radius 1 is 1.15 bits per heavy atom. The Morgan fingerprint density at radius 2 is 1.92 bits per heavy atom. The lowest BCUT2D eigenvalue weighted by molar-refractivity contribution is -0.128. The smallest absolute Gasteiger partial charge is 0.299 e. The SMILES string of the molecule is C[C@]12CC(=O)[C@@]3(C)CCC4=C(CCc5cc(NS(=O)(=O)O)ccc54)[C@]13C2. The van der Waals surface area contributed by atoms with Gasteiger partial charge < -0.3 is 0 Å². The summed E-state index contributed by atoms with van der Waals surface area (Å²) in [6.45, 7) is 4.47. The molecule has 0 saturated heterocycles. The summed E-state index contributed by atoms with van der Waals surface area (Å²) in [7, 11) is -4.26. The molecule has 2 N–H and O–H groups in total. The number of anilines is 1. The zero-order valence-corrected chi connectivity index (χ0v) is 15.9. The lowest BCUT2D eigenvalue weighted by Gasteiger charge is -2.44. The Hall–Kier alpha value is -1.66. The highest BCUT2D eigenvalue weighted by atomic mass is 32.2. The van der Waals surface area contributed by atoms with E-state index < -0.39 is 10.3 Å². The summed E-state index contributed by atoms with van der Waals surface area (Å²) in [5.41, 5.74) is 5.54. The van der Waals surface area contributed by atoms with Crippen LogP contribution in [0.3, 0.4) is 0 Å². The Morgan fingerprint density at radius 3 is 2.65 bits per heavy atom. The van der Waals surface area contributed by atoms with Crippen molar-refractivity contribution in [2.75, 3.05) is 4.72 Å². The molecule has 0 unspecified atom stereocenters. The van der Waals surface area contributed by atoms with E-state index in [4.69, 9.17) is 4.55 Å². The van der Waals surface area contributed by atoms with Crippen molar-refractivity contribution in [3.8, 4) is 0 Å². The molecule has 138 valence electrons. The van der Waals surface area contributed by atoms with Crippen LogP contribution < -0.4 is 4.72 Å². The first kappa shape index (κ1) is 16.5. The van der Waals surface area contributed by atoms with E-state index >= 15 is 0 Å². The first-order chi connectivity index (χ1) is 12.1. The number of Topliss-reactive ketones (excluding diaryl/α,β-unsaturated/α-hetero) is 1. The van der Waals surface area contributed by atoms with E-state index in [0.717, 1.165) is 37.7 Å². The van der Waals surface area contributed by atoms with Crippen LogP contribution in [0.5, 0.6) is 0 Å². The maximum absolute atomic E-state index is 12.8. The topological polar surface area (TPSA) is 83.5 Å². The van der Waals surface area contributed by atoms with Crippen LogP contribution in [0.1, 0.15) is 57.1 Å². The number of carbonyl (C=O) groups excluding carboxylic acids is 1. The van der Waals surface area contributed by atoms with E-state index in [1.54, 1.807) is 6.07 Å². The molecule has 1 spiro atoms. The van der Waals surface area contributed by atoms with Crippen LogP contribution in [-0.4, -0.2) is 18.8 Å². The molecular formula is C20H23NO4S. The number of hydrogen-bond acceptors (Lipinski definition) is 3. The van der Waals surface area contributed by atoms with Gasteiger partial charge in [0.15, 0.2) is 0 Å². The molecule has 6 heteroatoms. The molecule has 4 aliphatic rings. The first-order valence-corrected chi connectivity index (χ1v) is 10.7. The third kappa shape index (κ3) is 1.84. The fraction of sp³-hybridized carbons (Fsp3) is 0.550. The third-order valence-electron chi connectivity index (χ3n) is 7.74. The summed E-state index contributed by atoms with van der Waals surface area (Å²) < 4.78 is 33.3. The van der Waals surface area contributed by atoms with Crippen molar-refractivity contribution in [2.45, 2.75) is 52.4 Å². The Balaban J connectivity index is 1.62. The number of aryl methyl sites for hydroxylation is 1. The molecule has 0 bridgehead atoms. The van der Waals surface area contributed by atoms with Crippen molar-refractivity contribution in [1.29, 1.82) is 0 Å². The zero-order chi connectivity index (χ0) is 18.5. The zero-order valence-electron chi connectivity index (χ0n) is 15.1. The van der Waals surface area contributed by atoms with Crippen LogP contribution in [0, 0.1) is 16.2 Å². The molecule has 2 saturated carbocycles. The number of ketones is 1. The van der Waals surface area contributed by atoms with Gasteiger partial charge >= 0.3 is 10.3 Å². The Kier molecular flexibility index (Phi) is 2.92. The minimum Gasteiger partial charge on any atom is -0.299 e. The van der Waals surface area contributed by atoms with Crippen molar-refractivity contribution in [2.24, 2.45) is 16.2 Å². The van der Waals surface area contributed by atoms with Crippen LogP contribution in [0.4, 0.5) is 5.69 Å². The van der Waals surface area contributed by atoms with Crippen molar-refractivity contribution >= 4 is 27.3 Å². The quantitative estimate of drug-likeness (QED) is 0.773. The van der Waals surface area contributed by atoms with Gasteiger partial charge in [-0.3, -0.25) is 14.1 Å². The fourth-order valence-corrected chi connectivity index (χ4v) is 7.00. The second kappa shape index (κ2) is 4.60. The average molecular weight is 373 g/mol. The summed E-state index contributed by atoms with van der Waals surface area (Å²) >= 11 is 0. The number of rotatable bonds is 2. The normalized spacial score (nSPS) is 37.6. The Labute approximate surface area is 153 Å². The van der Waals surface area contributed by atoms with E-state index in [9.17, 15) is 13.2 Å². The highest BCUT2D eigenvalue weighted by Crippen LogP contribution is 2.85. The van der Waals surface area contributed by atoms with Gasteiger partial charge in [-0.25, -0.2) is 0 Å². The molecular weight excluding hydrogens is 350 g/mol. The number of hydrogen-bond donors (Lipinski definition) is 2. The molecule has 0 aliphatic heterocycles. The lowest BCUT2D eigenvalue weighted by atomic mass is 9.58. The van der Waals surface area contributed by atoms with Crippen LogP contribution >= 0.6 is 0 Å². The van der Waals surface area contributed by atoms with Crippen molar-refractivity contribution < 1.29 is 17.8 Å². The predicted octanol–water partition coefficient (Wildman–Crippen LogP) is 3.77. The maximum Gasteiger partial charge on any atom is 0.357 e. The molecule has 0 radical (unpaired) electrons. The van der Waals surface area contributed by atoms with Gasteiger partial charge in [-0.2, -0.15) is 8.42 Å². The fourth-order valence-electron chi connectivity index (χ4n) is 6.57. The maximum atomic E-state index is 12.8. The minimum absolute atomic E-state index is 0.0493. The van der Waals surface area contributed by atoms with Crippen LogP contribution in [-0.2, 0) is 21.5 Å². The molecule has 5 rings (SSSR count). The van der Waals surface area contributed by atoms with Crippen LogP contribution in [0.25, 0.3) is 5.57 Å². The molecule has 4 aliphatic carbocycles. The number of carbonyl (C=O) groups is 1. The minimum atomic E-state index is -4.26. The highest BCUT2D eigenvalue weighted by Gasteiger charge is 2.81. The molecule has 0 aromatic heterocycles. The molecule has 26 heavy (non-hydrogen) atoms. The molecule has 5 nitrogen and oxygen atoms in total. The van der Waals surface area contributed by atoms with Gasteiger partial charge in [0.05, 0.1) is 5.69 Å². The molecule has 3 atom stereocenters. The van der Waals surface area contributed by atoms with Gasteiger partial charge in [0.1, 0.15) is 5.78 Å². The van der Waals surface area contributed by atoms with E-state index in [2.05, 4.69) is 18.6 Å². The largest absolute Gasteiger partial charge is 0.357 e. The summed E-state index contributed by atoms with van der Waals surface area (Å²) in [6.07, 6.45) is 5.44. The van der Waals surface area contributed by atoms with Crippen molar-refractivity contribution in [1.82, 2.24) is 0 Å².